The molecule has 0 saturated heterocycles. The Hall–Kier alpha value is -1.59. The van der Waals surface area contributed by atoms with Gasteiger partial charge in [0.15, 0.2) is 5.58 Å². The summed E-state index contributed by atoms with van der Waals surface area (Å²) in [5, 5.41) is 9.13. The van der Waals surface area contributed by atoms with Crippen LogP contribution in [-0.2, 0) is 7.05 Å². The average Bonchev–Trinajstić information content (AvgIpc) is 2.56. The Morgan fingerprint density at radius 2 is 2.31 bits per heavy atom. The molecule has 1 atom stereocenters. The zero-order valence-electron chi connectivity index (χ0n) is 9.01. The maximum absolute atomic E-state index is 11.3. The molecule has 0 aliphatic heterocycles. The Balaban J connectivity index is 2.56. The number of benzene rings is 1. The molecular formula is C11H14N2O3. The van der Waals surface area contributed by atoms with Crippen molar-refractivity contribution in [3.8, 4) is 0 Å². The molecule has 0 saturated carbocycles. The summed E-state index contributed by atoms with van der Waals surface area (Å²) in [6.45, 7) is 0.345. The van der Waals surface area contributed by atoms with Gasteiger partial charge in [-0.25, -0.2) is 4.79 Å². The first-order chi connectivity index (χ1) is 7.67. The van der Waals surface area contributed by atoms with Gasteiger partial charge in [0.05, 0.1) is 12.1 Å². The number of aliphatic hydroxyl groups is 1. The Kier molecular flexibility index (Phi) is 2.80. The summed E-state index contributed by atoms with van der Waals surface area (Å²) in [6.07, 6.45) is 0. The van der Waals surface area contributed by atoms with Crippen LogP contribution >= 0.6 is 0 Å². The number of nitrogens with two attached hydrogens (primary N) is 1. The summed E-state index contributed by atoms with van der Waals surface area (Å²) in [6, 6.07) is 5.41. The van der Waals surface area contributed by atoms with E-state index in [1.54, 1.807) is 19.2 Å². The average molecular weight is 222 g/mol. The molecule has 5 nitrogen and oxygen atoms in total. The molecule has 5 heteroatoms. The predicted molar refractivity (Wildman–Crippen MR) is 60.3 cm³/mol. The van der Waals surface area contributed by atoms with Crippen molar-refractivity contribution in [3.63, 3.8) is 0 Å². The van der Waals surface area contributed by atoms with Crippen LogP contribution in [-0.4, -0.2) is 22.8 Å². The highest BCUT2D eigenvalue weighted by molar-refractivity contribution is 5.73. The first kappa shape index (κ1) is 10.9. The van der Waals surface area contributed by atoms with Gasteiger partial charge in [-0.15, -0.1) is 0 Å². The Morgan fingerprint density at radius 3 is 2.94 bits per heavy atom. The molecule has 2 aromatic rings. The lowest BCUT2D eigenvalue weighted by Gasteiger charge is -2.11. The van der Waals surface area contributed by atoms with Gasteiger partial charge in [-0.2, -0.15) is 0 Å². The minimum Gasteiger partial charge on any atom is -0.408 e. The fourth-order valence-corrected chi connectivity index (χ4v) is 1.72. The number of aryl methyl sites for hydroxylation is 1. The van der Waals surface area contributed by atoms with Gasteiger partial charge in [0, 0.05) is 19.5 Å². The smallest absolute Gasteiger partial charge is 0.408 e. The summed E-state index contributed by atoms with van der Waals surface area (Å²) >= 11 is 0. The lowest BCUT2D eigenvalue weighted by molar-refractivity contribution is 0.268. The molecular weight excluding hydrogens is 208 g/mol. The van der Waals surface area contributed by atoms with E-state index in [2.05, 4.69) is 0 Å². The van der Waals surface area contributed by atoms with Crippen molar-refractivity contribution in [1.82, 2.24) is 4.57 Å². The van der Waals surface area contributed by atoms with Crippen LogP contribution in [0.15, 0.2) is 27.4 Å². The monoisotopic (exact) mass is 222 g/mol. The normalized spacial score (nSPS) is 13.2. The van der Waals surface area contributed by atoms with Gasteiger partial charge in [0.1, 0.15) is 0 Å². The number of hydrogen-bond acceptors (Lipinski definition) is 4. The summed E-state index contributed by atoms with van der Waals surface area (Å²) < 4.78 is 6.50. The van der Waals surface area contributed by atoms with Crippen molar-refractivity contribution in [1.29, 1.82) is 0 Å². The minimum absolute atomic E-state index is 0.0148. The van der Waals surface area contributed by atoms with E-state index in [0.29, 0.717) is 12.1 Å². The van der Waals surface area contributed by atoms with Gasteiger partial charge in [0.25, 0.3) is 0 Å². The number of oxazole rings is 1. The van der Waals surface area contributed by atoms with Gasteiger partial charge in [0.2, 0.25) is 0 Å². The van der Waals surface area contributed by atoms with Crippen LogP contribution in [0.4, 0.5) is 0 Å². The molecule has 1 unspecified atom stereocenters. The Morgan fingerprint density at radius 1 is 1.56 bits per heavy atom. The van der Waals surface area contributed by atoms with Crippen molar-refractivity contribution in [2.24, 2.45) is 12.8 Å². The third-order valence-corrected chi connectivity index (χ3v) is 2.79. The molecule has 0 aliphatic rings. The third-order valence-electron chi connectivity index (χ3n) is 2.79. The number of nitrogens with zero attached hydrogens (tertiary/aromatic N) is 1. The van der Waals surface area contributed by atoms with Crippen molar-refractivity contribution >= 4 is 11.1 Å². The van der Waals surface area contributed by atoms with E-state index in [4.69, 9.17) is 15.3 Å². The number of aliphatic hydroxyl groups excluding tert-OH is 1. The van der Waals surface area contributed by atoms with Crippen molar-refractivity contribution in [2.45, 2.75) is 5.92 Å². The van der Waals surface area contributed by atoms with E-state index in [9.17, 15) is 4.79 Å². The number of rotatable bonds is 3. The molecule has 0 fully saturated rings. The van der Waals surface area contributed by atoms with Crippen molar-refractivity contribution < 1.29 is 9.52 Å². The fraction of sp³-hybridized carbons (Fsp3) is 0.364. The van der Waals surface area contributed by atoms with Crippen LogP contribution in [0.2, 0.25) is 0 Å². The summed E-state index contributed by atoms with van der Waals surface area (Å²) in [4.78, 5) is 11.3. The lowest BCUT2D eigenvalue weighted by atomic mass is 10.00. The van der Waals surface area contributed by atoms with E-state index in [1.165, 1.54) is 4.57 Å². The van der Waals surface area contributed by atoms with E-state index < -0.39 is 0 Å². The first-order valence-corrected chi connectivity index (χ1v) is 5.07. The summed E-state index contributed by atoms with van der Waals surface area (Å²) in [5.74, 6) is -0.504. The first-order valence-electron chi connectivity index (χ1n) is 5.07. The van der Waals surface area contributed by atoms with Crippen LogP contribution in [0.5, 0.6) is 0 Å². The van der Waals surface area contributed by atoms with Crippen LogP contribution < -0.4 is 11.5 Å². The van der Waals surface area contributed by atoms with Crippen LogP contribution in [0.1, 0.15) is 11.5 Å². The van der Waals surface area contributed by atoms with Crippen LogP contribution in [0.3, 0.4) is 0 Å². The van der Waals surface area contributed by atoms with Crippen LogP contribution in [0, 0.1) is 0 Å². The predicted octanol–water partition coefficient (Wildman–Crippen LogP) is 0.166. The third kappa shape index (κ3) is 1.64. The summed E-state index contributed by atoms with van der Waals surface area (Å²) in [7, 11) is 1.65. The molecule has 0 radical (unpaired) electrons. The van der Waals surface area contributed by atoms with Gasteiger partial charge >= 0.3 is 5.76 Å². The molecule has 3 N–H and O–H groups in total. The molecule has 16 heavy (non-hydrogen) atoms. The van der Waals surface area contributed by atoms with E-state index >= 15 is 0 Å². The molecule has 0 aliphatic carbocycles. The van der Waals surface area contributed by atoms with Crippen molar-refractivity contribution in [3.05, 3.63) is 34.3 Å². The largest absolute Gasteiger partial charge is 0.419 e. The molecule has 1 heterocycles. The fourth-order valence-electron chi connectivity index (χ4n) is 1.72. The molecule has 2 rings (SSSR count). The highest BCUT2D eigenvalue weighted by Crippen LogP contribution is 2.20. The van der Waals surface area contributed by atoms with E-state index in [0.717, 1.165) is 11.1 Å². The lowest BCUT2D eigenvalue weighted by Crippen LogP contribution is -2.15. The molecule has 0 bridgehead atoms. The van der Waals surface area contributed by atoms with Crippen molar-refractivity contribution in [2.75, 3.05) is 13.2 Å². The number of fused-ring (bicyclic) bond motifs is 1. The number of aromatic nitrogens is 1. The van der Waals surface area contributed by atoms with Gasteiger partial charge < -0.3 is 15.3 Å². The zero-order valence-corrected chi connectivity index (χ0v) is 9.01. The SMILES string of the molecule is Cn1c(=O)oc2cc(C(CN)CO)ccc21. The Bertz CT molecular complexity index is 552. The van der Waals surface area contributed by atoms with Gasteiger partial charge in [-0.05, 0) is 17.7 Å². The molecule has 1 aromatic carbocycles. The quantitative estimate of drug-likeness (QED) is 0.775. The minimum atomic E-state index is -0.388. The van der Waals surface area contributed by atoms with E-state index in [-0.39, 0.29) is 18.3 Å². The molecule has 0 spiro atoms. The second kappa shape index (κ2) is 4.11. The highest BCUT2D eigenvalue weighted by Gasteiger charge is 2.12. The Labute approximate surface area is 92.1 Å². The molecule has 1 aromatic heterocycles. The second-order valence-electron chi connectivity index (χ2n) is 3.77. The number of hydrogen-bond donors (Lipinski definition) is 2. The van der Waals surface area contributed by atoms with Gasteiger partial charge in [-0.1, -0.05) is 6.07 Å². The summed E-state index contributed by atoms with van der Waals surface area (Å²) in [5.41, 5.74) is 7.68. The maximum atomic E-state index is 11.3. The highest BCUT2D eigenvalue weighted by atomic mass is 16.4. The zero-order chi connectivity index (χ0) is 11.7. The topological polar surface area (TPSA) is 81.4 Å². The van der Waals surface area contributed by atoms with Crippen LogP contribution in [0.25, 0.3) is 11.1 Å². The second-order valence-corrected chi connectivity index (χ2v) is 3.77. The standard InChI is InChI=1S/C11H14N2O3/c1-13-9-3-2-7(8(5-12)6-14)4-10(9)16-11(13)15/h2-4,8,14H,5-6,12H2,1H3. The van der Waals surface area contributed by atoms with E-state index in [1.807, 2.05) is 6.07 Å². The van der Waals surface area contributed by atoms with Gasteiger partial charge in [-0.3, -0.25) is 4.57 Å². The maximum Gasteiger partial charge on any atom is 0.419 e. The molecule has 86 valence electrons. The molecule has 0 amide bonds.